The van der Waals surface area contributed by atoms with Crippen LogP contribution < -0.4 is 10.5 Å². The second-order valence-electron chi connectivity index (χ2n) is 4.40. The zero-order chi connectivity index (χ0) is 13.8. The number of nitrogen functional groups attached to an aromatic ring is 1. The third kappa shape index (κ3) is 3.54. The lowest BCUT2D eigenvalue weighted by atomic mass is 10.1. The van der Waals surface area contributed by atoms with Crippen LogP contribution in [0.3, 0.4) is 0 Å². The number of aromatic nitrogens is 1. The van der Waals surface area contributed by atoms with Crippen molar-refractivity contribution in [3.8, 4) is 5.75 Å². The third-order valence-corrected chi connectivity index (χ3v) is 3.81. The van der Waals surface area contributed by atoms with E-state index in [-0.39, 0.29) is 5.84 Å². The summed E-state index contributed by atoms with van der Waals surface area (Å²) in [6.07, 6.45) is 2.37. The van der Waals surface area contributed by atoms with Gasteiger partial charge in [0.05, 0.1) is 16.5 Å². The highest BCUT2D eigenvalue weighted by Crippen LogP contribution is 2.19. The van der Waals surface area contributed by atoms with E-state index in [9.17, 15) is 0 Å². The van der Waals surface area contributed by atoms with Crippen LogP contribution in [0.2, 0.25) is 0 Å². The molecular weight excluding hydrogens is 258 g/mol. The molecule has 2 rings (SSSR count). The van der Waals surface area contributed by atoms with Gasteiger partial charge in [-0.1, -0.05) is 17.7 Å². The fraction of sp³-hybridized carbons (Fsp3) is 0.286. The minimum absolute atomic E-state index is 0.0686. The second-order valence-corrected chi connectivity index (χ2v) is 5.51. The van der Waals surface area contributed by atoms with Crippen LogP contribution in [0.25, 0.3) is 0 Å². The molecular formula is C14H17N3OS. The number of thiazole rings is 1. The molecule has 0 bridgehead atoms. The number of amidine groups is 1. The van der Waals surface area contributed by atoms with Gasteiger partial charge < -0.3 is 10.5 Å². The van der Waals surface area contributed by atoms with Crippen molar-refractivity contribution in [3.05, 3.63) is 45.4 Å². The van der Waals surface area contributed by atoms with E-state index in [2.05, 4.69) is 18.0 Å². The fourth-order valence-electron chi connectivity index (χ4n) is 1.76. The Balaban J connectivity index is 1.90. The Morgan fingerprint density at radius 2 is 2.21 bits per heavy atom. The standard InChI is InChI=1S/C14H17N3OS/c1-9-3-4-11(10(2)7-9)18-6-5-13-17-8-12(19-13)14(15)16/h3-4,7-8H,5-6H2,1-2H3,(H3,15,16). The largest absolute Gasteiger partial charge is 0.493 e. The molecule has 0 radical (unpaired) electrons. The van der Waals surface area contributed by atoms with E-state index in [1.807, 2.05) is 19.1 Å². The normalized spacial score (nSPS) is 10.4. The molecule has 0 unspecified atom stereocenters. The molecule has 19 heavy (non-hydrogen) atoms. The van der Waals surface area contributed by atoms with Crippen LogP contribution in [0.4, 0.5) is 0 Å². The molecule has 0 atom stereocenters. The average molecular weight is 275 g/mol. The number of ether oxygens (including phenoxy) is 1. The summed E-state index contributed by atoms with van der Waals surface area (Å²) < 4.78 is 5.75. The lowest BCUT2D eigenvalue weighted by Gasteiger charge is -2.08. The van der Waals surface area contributed by atoms with Gasteiger partial charge in [-0.3, -0.25) is 5.41 Å². The van der Waals surface area contributed by atoms with E-state index in [0.717, 1.165) is 22.7 Å². The summed E-state index contributed by atoms with van der Waals surface area (Å²) in [7, 11) is 0. The van der Waals surface area contributed by atoms with Crippen molar-refractivity contribution in [1.82, 2.24) is 4.98 Å². The van der Waals surface area contributed by atoms with Gasteiger partial charge in [-0.15, -0.1) is 11.3 Å². The first-order valence-corrected chi connectivity index (χ1v) is 6.87. The number of nitrogens with zero attached hydrogens (tertiary/aromatic N) is 1. The van der Waals surface area contributed by atoms with Crippen molar-refractivity contribution in [2.45, 2.75) is 20.3 Å². The van der Waals surface area contributed by atoms with Gasteiger partial charge in [-0.2, -0.15) is 0 Å². The molecule has 1 aromatic carbocycles. The summed E-state index contributed by atoms with van der Waals surface area (Å²) in [5.74, 6) is 0.980. The molecule has 0 aliphatic carbocycles. The molecule has 0 saturated heterocycles. The first kappa shape index (κ1) is 13.5. The smallest absolute Gasteiger partial charge is 0.134 e. The molecule has 2 aromatic rings. The number of hydrogen-bond acceptors (Lipinski definition) is 4. The van der Waals surface area contributed by atoms with Crippen LogP contribution in [-0.4, -0.2) is 17.4 Å². The molecule has 100 valence electrons. The monoisotopic (exact) mass is 275 g/mol. The van der Waals surface area contributed by atoms with Crippen molar-refractivity contribution in [1.29, 1.82) is 5.41 Å². The molecule has 0 amide bonds. The van der Waals surface area contributed by atoms with E-state index in [0.29, 0.717) is 11.5 Å². The summed E-state index contributed by atoms with van der Waals surface area (Å²) in [5, 5.41) is 8.27. The van der Waals surface area contributed by atoms with Crippen LogP contribution in [0, 0.1) is 19.3 Å². The van der Waals surface area contributed by atoms with Gasteiger partial charge in [0.25, 0.3) is 0 Å². The van der Waals surface area contributed by atoms with Crippen molar-refractivity contribution >= 4 is 17.2 Å². The zero-order valence-corrected chi connectivity index (χ0v) is 11.9. The minimum atomic E-state index is 0.0686. The number of hydrogen-bond donors (Lipinski definition) is 2. The predicted octanol–water partition coefficient (Wildman–Crippen LogP) is 2.67. The maximum atomic E-state index is 7.33. The minimum Gasteiger partial charge on any atom is -0.493 e. The molecule has 4 nitrogen and oxygen atoms in total. The van der Waals surface area contributed by atoms with E-state index >= 15 is 0 Å². The summed E-state index contributed by atoms with van der Waals surface area (Å²) in [6.45, 7) is 4.68. The fourth-order valence-corrected chi connectivity index (χ4v) is 2.52. The summed E-state index contributed by atoms with van der Waals surface area (Å²) in [6, 6.07) is 6.14. The van der Waals surface area contributed by atoms with Crippen LogP contribution in [0.15, 0.2) is 24.4 Å². The van der Waals surface area contributed by atoms with E-state index in [1.54, 1.807) is 6.20 Å². The SMILES string of the molecule is Cc1ccc(OCCc2ncc(C(=N)N)s2)c(C)c1. The Morgan fingerprint density at radius 1 is 1.42 bits per heavy atom. The van der Waals surface area contributed by atoms with Crippen molar-refractivity contribution < 1.29 is 4.74 Å². The van der Waals surface area contributed by atoms with Crippen LogP contribution in [0.5, 0.6) is 5.75 Å². The molecule has 3 N–H and O–H groups in total. The first-order valence-electron chi connectivity index (χ1n) is 6.05. The number of nitrogens with one attached hydrogen (secondary N) is 1. The third-order valence-electron chi connectivity index (χ3n) is 2.72. The first-order chi connectivity index (χ1) is 9.06. The van der Waals surface area contributed by atoms with E-state index < -0.39 is 0 Å². The Kier molecular flexibility index (Phi) is 4.16. The van der Waals surface area contributed by atoms with Gasteiger partial charge in [0.1, 0.15) is 11.6 Å². The summed E-state index contributed by atoms with van der Waals surface area (Å²) in [5.41, 5.74) is 7.78. The molecule has 0 spiro atoms. The highest BCUT2D eigenvalue weighted by atomic mass is 32.1. The van der Waals surface area contributed by atoms with Crippen molar-refractivity contribution in [2.24, 2.45) is 5.73 Å². The lowest BCUT2D eigenvalue weighted by molar-refractivity contribution is 0.319. The van der Waals surface area contributed by atoms with Crippen LogP contribution >= 0.6 is 11.3 Å². The van der Waals surface area contributed by atoms with E-state index in [1.165, 1.54) is 16.9 Å². The number of benzene rings is 1. The molecule has 0 fully saturated rings. The van der Waals surface area contributed by atoms with Crippen molar-refractivity contribution in [2.75, 3.05) is 6.61 Å². The molecule has 0 aliphatic rings. The second kappa shape index (κ2) is 5.84. The Bertz CT molecular complexity index is 592. The molecule has 5 heteroatoms. The van der Waals surface area contributed by atoms with Gasteiger partial charge in [-0.05, 0) is 25.5 Å². The van der Waals surface area contributed by atoms with Gasteiger partial charge in [0, 0.05) is 12.6 Å². The zero-order valence-electron chi connectivity index (χ0n) is 11.1. The molecule has 0 aliphatic heterocycles. The number of aryl methyl sites for hydroxylation is 2. The van der Waals surface area contributed by atoms with Crippen LogP contribution in [0.1, 0.15) is 21.0 Å². The molecule has 1 heterocycles. The molecule has 0 saturated carbocycles. The average Bonchev–Trinajstić information content (AvgIpc) is 2.81. The van der Waals surface area contributed by atoms with Gasteiger partial charge in [0.2, 0.25) is 0 Å². The topological polar surface area (TPSA) is 72.0 Å². The quantitative estimate of drug-likeness (QED) is 0.651. The van der Waals surface area contributed by atoms with Crippen molar-refractivity contribution in [3.63, 3.8) is 0 Å². The number of rotatable bonds is 5. The maximum Gasteiger partial charge on any atom is 0.134 e. The Labute approximate surface area is 116 Å². The van der Waals surface area contributed by atoms with Gasteiger partial charge in [0.15, 0.2) is 0 Å². The summed E-state index contributed by atoms with van der Waals surface area (Å²) >= 11 is 1.44. The van der Waals surface area contributed by atoms with Crippen LogP contribution in [-0.2, 0) is 6.42 Å². The lowest BCUT2D eigenvalue weighted by Crippen LogP contribution is -2.08. The van der Waals surface area contributed by atoms with E-state index in [4.69, 9.17) is 15.9 Å². The van der Waals surface area contributed by atoms with Gasteiger partial charge in [-0.25, -0.2) is 4.98 Å². The van der Waals surface area contributed by atoms with Gasteiger partial charge >= 0.3 is 0 Å². The predicted molar refractivity (Wildman–Crippen MR) is 78.2 cm³/mol. The Hall–Kier alpha value is -1.88. The highest BCUT2D eigenvalue weighted by Gasteiger charge is 2.05. The summed E-state index contributed by atoms with van der Waals surface area (Å²) in [4.78, 5) is 4.93. The highest BCUT2D eigenvalue weighted by molar-refractivity contribution is 7.13. The maximum absolute atomic E-state index is 7.33. The molecule has 1 aromatic heterocycles. The Morgan fingerprint density at radius 3 is 2.84 bits per heavy atom. The number of nitrogens with two attached hydrogens (primary N) is 1.